The van der Waals surface area contributed by atoms with E-state index in [-0.39, 0.29) is 5.92 Å². The van der Waals surface area contributed by atoms with Crippen LogP contribution in [0.1, 0.15) is 23.1 Å². The van der Waals surface area contributed by atoms with Crippen LogP contribution in [0, 0.1) is 0 Å². The number of aliphatic hydroxyl groups excluding tert-OH is 1. The fourth-order valence-corrected chi connectivity index (χ4v) is 3.65. The lowest BCUT2D eigenvalue weighted by Crippen LogP contribution is -2.21. The molecular formula is C15H16BrNO3S. The normalized spacial score (nSPS) is 16.5. The minimum absolute atomic E-state index is 0.178. The highest BCUT2D eigenvalue weighted by Crippen LogP contribution is 2.38. The topological polar surface area (TPSA) is 64.7 Å². The molecule has 2 unspecified atom stereocenters. The molecule has 2 atom stereocenters. The minimum atomic E-state index is -0.639. The van der Waals surface area contributed by atoms with Crippen molar-refractivity contribution in [3.63, 3.8) is 0 Å². The molecule has 0 bridgehead atoms. The Morgan fingerprint density at radius 3 is 2.62 bits per heavy atom. The van der Waals surface area contributed by atoms with Crippen LogP contribution in [0.15, 0.2) is 33.4 Å². The molecule has 0 saturated heterocycles. The Balaban J connectivity index is 1.89. The van der Waals surface area contributed by atoms with Gasteiger partial charge in [0.05, 0.1) is 9.89 Å². The zero-order chi connectivity index (χ0) is 14.8. The van der Waals surface area contributed by atoms with E-state index < -0.39 is 6.10 Å². The Bertz CT molecular complexity index is 631. The first-order valence-corrected chi connectivity index (χ1v) is 8.38. The van der Waals surface area contributed by atoms with Crippen LogP contribution in [0.4, 0.5) is 0 Å². The zero-order valence-corrected chi connectivity index (χ0v) is 13.7. The summed E-state index contributed by atoms with van der Waals surface area (Å²) in [6, 6.07) is 7.66. The summed E-state index contributed by atoms with van der Waals surface area (Å²) >= 11 is 4.97. The summed E-state index contributed by atoms with van der Waals surface area (Å²) in [6.45, 7) is 1.47. The van der Waals surface area contributed by atoms with Crippen LogP contribution in [-0.2, 0) is 0 Å². The largest absolute Gasteiger partial charge is 0.486 e. The van der Waals surface area contributed by atoms with E-state index in [1.54, 1.807) is 11.3 Å². The SMILES string of the molecule is NCC(c1ccc2c(c1)OCCO2)C(O)c1csc(Br)c1. The minimum Gasteiger partial charge on any atom is -0.486 e. The number of fused-ring (bicyclic) bond motifs is 1. The summed E-state index contributed by atoms with van der Waals surface area (Å²) in [7, 11) is 0. The second-order valence-corrected chi connectivity index (χ2v) is 7.16. The summed E-state index contributed by atoms with van der Waals surface area (Å²) in [5.41, 5.74) is 7.71. The summed E-state index contributed by atoms with van der Waals surface area (Å²) in [4.78, 5) is 0. The average Bonchev–Trinajstić information content (AvgIpc) is 2.94. The molecule has 112 valence electrons. The van der Waals surface area contributed by atoms with Gasteiger partial charge >= 0.3 is 0 Å². The maximum Gasteiger partial charge on any atom is 0.161 e. The Morgan fingerprint density at radius 1 is 1.19 bits per heavy atom. The lowest BCUT2D eigenvalue weighted by Gasteiger charge is -2.24. The summed E-state index contributed by atoms with van der Waals surface area (Å²) in [5, 5.41) is 12.5. The Kier molecular flexibility index (Phi) is 4.49. The van der Waals surface area contributed by atoms with Crippen LogP contribution in [0.2, 0.25) is 0 Å². The third-order valence-electron chi connectivity index (χ3n) is 3.56. The maximum absolute atomic E-state index is 10.6. The molecule has 0 radical (unpaired) electrons. The predicted octanol–water partition coefficient (Wildman–Crippen LogP) is 3.06. The smallest absolute Gasteiger partial charge is 0.161 e. The van der Waals surface area contributed by atoms with Crippen LogP contribution in [0.3, 0.4) is 0 Å². The number of ether oxygens (including phenoxy) is 2. The molecule has 1 aromatic carbocycles. The predicted molar refractivity (Wildman–Crippen MR) is 86.2 cm³/mol. The van der Waals surface area contributed by atoms with Crippen LogP contribution in [0.5, 0.6) is 11.5 Å². The lowest BCUT2D eigenvalue weighted by molar-refractivity contribution is 0.146. The van der Waals surface area contributed by atoms with Crippen LogP contribution >= 0.6 is 27.3 Å². The fraction of sp³-hybridized carbons (Fsp3) is 0.333. The molecule has 3 N–H and O–H groups in total. The van der Waals surface area contributed by atoms with Crippen molar-refractivity contribution in [3.8, 4) is 11.5 Å². The lowest BCUT2D eigenvalue weighted by atomic mass is 9.90. The van der Waals surface area contributed by atoms with Gasteiger partial charge in [-0.25, -0.2) is 0 Å². The third kappa shape index (κ3) is 3.08. The van der Waals surface area contributed by atoms with Crippen molar-refractivity contribution >= 4 is 27.3 Å². The number of rotatable bonds is 4. The van der Waals surface area contributed by atoms with Crippen molar-refractivity contribution in [1.82, 2.24) is 0 Å². The van der Waals surface area contributed by atoms with Gasteiger partial charge in [-0.05, 0) is 50.6 Å². The molecule has 1 aliphatic rings. The van der Waals surface area contributed by atoms with E-state index in [1.165, 1.54) is 0 Å². The van der Waals surface area contributed by atoms with E-state index >= 15 is 0 Å². The molecule has 1 aliphatic heterocycles. The van der Waals surface area contributed by atoms with Crippen molar-refractivity contribution in [3.05, 3.63) is 44.6 Å². The fourth-order valence-electron chi connectivity index (χ4n) is 2.45. The van der Waals surface area contributed by atoms with Gasteiger partial charge in [0.15, 0.2) is 11.5 Å². The van der Waals surface area contributed by atoms with Crippen molar-refractivity contribution in [2.75, 3.05) is 19.8 Å². The van der Waals surface area contributed by atoms with Gasteiger partial charge in [-0.3, -0.25) is 0 Å². The van der Waals surface area contributed by atoms with Gasteiger partial charge in [-0.1, -0.05) is 6.07 Å². The Labute approximate surface area is 135 Å². The Hall–Kier alpha value is -1.08. The van der Waals surface area contributed by atoms with E-state index in [0.29, 0.717) is 19.8 Å². The van der Waals surface area contributed by atoms with Gasteiger partial charge in [-0.15, -0.1) is 11.3 Å². The van der Waals surface area contributed by atoms with E-state index in [2.05, 4.69) is 15.9 Å². The van der Waals surface area contributed by atoms with Gasteiger partial charge in [0.1, 0.15) is 13.2 Å². The summed E-state index contributed by atoms with van der Waals surface area (Å²) < 4.78 is 12.1. The molecule has 1 aromatic heterocycles. The number of halogens is 1. The third-order valence-corrected chi connectivity index (χ3v) is 5.08. The molecule has 0 fully saturated rings. The molecule has 6 heteroatoms. The molecule has 21 heavy (non-hydrogen) atoms. The second-order valence-electron chi connectivity index (χ2n) is 4.87. The highest BCUT2D eigenvalue weighted by Gasteiger charge is 2.24. The van der Waals surface area contributed by atoms with Gasteiger partial charge in [-0.2, -0.15) is 0 Å². The number of benzene rings is 1. The number of thiophene rings is 1. The second kappa shape index (κ2) is 6.36. The van der Waals surface area contributed by atoms with E-state index in [0.717, 1.165) is 26.4 Å². The van der Waals surface area contributed by atoms with E-state index in [9.17, 15) is 5.11 Å². The zero-order valence-electron chi connectivity index (χ0n) is 11.3. The first-order valence-electron chi connectivity index (χ1n) is 6.70. The van der Waals surface area contributed by atoms with Crippen molar-refractivity contribution in [2.24, 2.45) is 5.73 Å². The first kappa shape index (κ1) is 14.8. The number of hydrogen-bond acceptors (Lipinski definition) is 5. The number of hydrogen-bond donors (Lipinski definition) is 2. The van der Waals surface area contributed by atoms with Gasteiger partial charge < -0.3 is 20.3 Å². The molecular weight excluding hydrogens is 354 g/mol. The maximum atomic E-state index is 10.6. The molecule has 2 heterocycles. The molecule has 3 rings (SSSR count). The quantitative estimate of drug-likeness (QED) is 0.868. The molecule has 0 spiro atoms. The van der Waals surface area contributed by atoms with Crippen molar-refractivity contribution in [2.45, 2.75) is 12.0 Å². The average molecular weight is 370 g/mol. The highest BCUT2D eigenvalue weighted by atomic mass is 79.9. The van der Waals surface area contributed by atoms with E-state index in [1.807, 2.05) is 29.6 Å². The highest BCUT2D eigenvalue weighted by molar-refractivity contribution is 9.11. The van der Waals surface area contributed by atoms with Crippen LogP contribution in [0.25, 0.3) is 0 Å². The first-order chi connectivity index (χ1) is 10.2. The summed E-state index contributed by atoms with van der Waals surface area (Å²) in [6.07, 6.45) is -0.639. The standard InChI is InChI=1S/C15H16BrNO3S/c16-14-6-10(8-21-14)15(18)11(7-17)9-1-2-12-13(5-9)20-4-3-19-12/h1-2,5-6,8,11,15,18H,3-4,7,17H2. The number of nitrogens with two attached hydrogens (primary N) is 1. The summed E-state index contributed by atoms with van der Waals surface area (Å²) in [5.74, 6) is 1.28. The van der Waals surface area contributed by atoms with Crippen molar-refractivity contribution in [1.29, 1.82) is 0 Å². The monoisotopic (exact) mass is 369 g/mol. The number of aliphatic hydroxyl groups is 1. The molecule has 0 amide bonds. The van der Waals surface area contributed by atoms with Crippen molar-refractivity contribution < 1.29 is 14.6 Å². The van der Waals surface area contributed by atoms with E-state index in [4.69, 9.17) is 15.2 Å². The molecule has 4 nitrogen and oxygen atoms in total. The van der Waals surface area contributed by atoms with Crippen LogP contribution in [-0.4, -0.2) is 24.9 Å². The van der Waals surface area contributed by atoms with Gasteiger partial charge in [0.2, 0.25) is 0 Å². The molecule has 0 saturated carbocycles. The van der Waals surface area contributed by atoms with Gasteiger partial charge in [0.25, 0.3) is 0 Å². The molecule has 0 aliphatic carbocycles. The van der Waals surface area contributed by atoms with Crippen LogP contribution < -0.4 is 15.2 Å². The Morgan fingerprint density at radius 2 is 1.95 bits per heavy atom. The van der Waals surface area contributed by atoms with Gasteiger partial charge in [0, 0.05) is 12.5 Å². The molecule has 2 aromatic rings.